The van der Waals surface area contributed by atoms with Gasteiger partial charge in [0, 0.05) is 17.5 Å². The van der Waals surface area contributed by atoms with Crippen molar-refractivity contribution in [3.05, 3.63) is 29.3 Å². The summed E-state index contributed by atoms with van der Waals surface area (Å²) in [6.45, 7) is 2.10. The molecule has 0 spiro atoms. The van der Waals surface area contributed by atoms with Crippen LogP contribution in [-0.4, -0.2) is 29.4 Å². The van der Waals surface area contributed by atoms with Gasteiger partial charge < -0.3 is 10.4 Å². The van der Waals surface area contributed by atoms with Crippen LogP contribution < -0.4 is 5.32 Å². The van der Waals surface area contributed by atoms with Crippen molar-refractivity contribution in [1.82, 2.24) is 5.32 Å². The Labute approximate surface area is 117 Å². The summed E-state index contributed by atoms with van der Waals surface area (Å²) in [4.78, 5) is 12.6. The van der Waals surface area contributed by atoms with Crippen molar-refractivity contribution < 1.29 is 9.90 Å². The van der Waals surface area contributed by atoms with Gasteiger partial charge in [0.25, 0.3) is 0 Å². The molecule has 3 nitrogen and oxygen atoms in total. The Kier molecular flexibility index (Phi) is 7.16. The van der Waals surface area contributed by atoms with E-state index in [0.717, 1.165) is 11.3 Å². The largest absolute Gasteiger partial charge is 0.396 e. The number of thioether (sulfide) groups is 1. The molecule has 1 atom stereocenters. The van der Waals surface area contributed by atoms with E-state index in [0.29, 0.717) is 17.2 Å². The summed E-state index contributed by atoms with van der Waals surface area (Å²) in [5.74, 6) is 0.345. The first-order valence-electron chi connectivity index (χ1n) is 5.91. The summed E-state index contributed by atoms with van der Waals surface area (Å²) in [6.07, 6.45) is 1.50. The molecule has 0 fully saturated rings. The molecule has 0 heterocycles. The summed E-state index contributed by atoms with van der Waals surface area (Å²) in [5.41, 5.74) is 0. The third kappa shape index (κ3) is 5.76. The number of nitrogens with one attached hydrogen (secondary N) is 1. The number of halogens is 1. The Morgan fingerprint density at radius 3 is 2.89 bits per heavy atom. The lowest BCUT2D eigenvalue weighted by Crippen LogP contribution is -2.33. The van der Waals surface area contributed by atoms with Crippen LogP contribution in [0.3, 0.4) is 0 Å². The van der Waals surface area contributed by atoms with Gasteiger partial charge in [0.1, 0.15) is 0 Å². The van der Waals surface area contributed by atoms with E-state index in [4.69, 9.17) is 16.7 Å². The molecule has 0 bridgehead atoms. The molecule has 1 amide bonds. The monoisotopic (exact) mass is 287 g/mol. The predicted molar refractivity (Wildman–Crippen MR) is 76.1 cm³/mol. The number of carbonyl (C=O) groups is 1. The molecule has 0 radical (unpaired) electrons. The summed E-state index contributed by atoms with van der Waals surface area (Å²) in [7, 11) is 0. The number of amides is 1. The summed E-state index contributed by atoms with van der Waals surface area (Å²) < 4.78 is 0. The topological polar surface area (TPSA) is 49.3 Å². The van der Waals surface area contributed by atoms with E-state index in [9.17, 15) is 4.79 Å². The molecule has 100 valence electrons. The minimum absolute atomic E-state index is 0.00893. The third-order valence-electron chi connectivity index (χ3n) is 2.40. The fourth-order valence-electron chi connectivity index (χ4n) is 1.49. The lowest BCUT2D eigenvalue weighted by atomic mass is 10.2. The molecule has 0 aliphatic carbocycles. The standard InChI is InChI=1S/C13H18ClNO2S/c1-10(5-4-8-16)15-13(17)9-18-12-7-3-2-6-11(12)14/h2-3,6-7,10,16H,4-5,8-9H2,1H3,(H,15,17). The van der Waals surface area contributed by atoms with E-state index in [2.05, 4.69) is 5.32 Å². The minimum atomic E-state index is -0.00893. The predicted octanol–water partition coefficient (Wildman–Crippen LogP) is 2.71. The number of hydrogen-bond acceptors (Lipinski definition) is 3. The van der Waals surface area contributed by atoms with Crippen molar-refractivity contribution in [3.8, 4) is 0 Å². The maximum Gasteiger partial charge on any atom is 0.230 e. The van der Waals surface area contributed by atoms with E-state index in [-0.39, 0.29) is 18.6 Å². The fourth-order valence-corrected chi connectivity index (χ4v) is 2.54. The van der Waals surface area contributed by atoms with Crippen LogP contribution >= 0.6 is 23.4 Å². The number of carbonyl (C=O) groups excluding carboxylic acids is 1. The van der Waals surface area contributed by atoms with E-state index in [1.807, 2.05) is 31.2 Å². The molecule has 0 aliphatic heterocycles. The molecular formula is C13H18ClNO2S. The van der Waals surface area contributed by atoms with Gasteiger partial charge in [0.2, 0.25) is 5.91 Å². The molecule has 0 aromatic heterocycles. The van der Waals surface area contributed by atoms with E-state index in [1.54, 1.807) is 0 Å². The molecule has 1 unspecified atom stereocenters. The first-order chi connectivity index (χ1) is 8.63. The maximum atomic E-state index is 11.7. The molecule has 1 aromatic rings. The first-order valence-corrected chi connectivity index (χ1v) is 7.27. The van der Waals surface area contributed by atoms with Crippen LogP contribution in [0.5, 0.6) is 0 Å². The normalized spacial score (nSPS) is 12.2. The molecule has 5 heteroatoms. The number of aliphatic hydroxyl groups is 1. The lowest BCUT2D eigenvalue weighted by molar-refractivity contribution is -0.119. The van der Waals surface area contributed by atoms with Crippen molar-refractivity contribution >= 4 is 29.3 Å². The molecule has 1 rings (SSSR count). The van der Waals surface area contributed by atoms with Gasteiger partial charge >= 0.3 is 0 Å². The van der Waals surface area contributed by atoms with Crippen molar-refractivity contribution in [2.75, 3.05) is 12.4 Å². The van der Waals surface area contributed by atoms with Crippen LogP contribution in [-0.2, 0) is 4.79 Å². The van der Waals surface area contributed by atoms with Gasteiger partial charge in [-0.15, -0.1) is 11.8 Å². The maximum absolute atomic E-state index is 11.7. The zero-order valence-electron chi connectivity index (χ0n) is 10.4. The summed E-state index contributed by atoms with van der Waals surface area (Å²) >= 11 is 7.43. The van der Waals surface area contributed by atoms with Gasteiger partial charge in [0.15, 0.2) is 0 Å². The molecule has 0 saturated heterocycles. The number of benzene rings is 1. The van der Waals surface area contributed by atoms with Crippen LogP contribution in [0.4, 0.5) is 0 Å². The van der Waals surface area contributed by atoms with Crippen molar-refractivity contribution in [1.29, 1.82) is 0 Å². The molecular weight excluding hydrogens is 270 g/mol. The van der Waals surface area contributed by atoms with Gasteiger partial charge in [-0.05, 0) is 31.9 Å². The zero-order chi connectivity index (χ0) is 13.4. The third-order valence-corrected chi connectivity index (χ3v) is 3.91. The van der Waals surface area contributed by atoms with Gasteiger partial charge in [-0.2, -0.15) is 0 Å². The Hall–Kier alpha value is -0.710. The van der Waals surface area contributed by atoms with Crippen LogP contribution in [0.25, 0.3) is 0 Å². The van der Waals surface area contributed by atoms with Crippen LogP contribution in [0.1, 0.15) is 19.8 Å². The second kappa shape index (κ2) is 8.40. The van der Waals surface area contributed by atoms with Crippen LogP contribution in [0.2, 0.25) is 5.02 Å². The van der Waals surface area contributed by atoms with Gasteiger partial charge in [-0.25, -0.2) is 0 Å². The molecule has 0 saturated carbocycles. The number of hydrogen-bond donors (Lipinski definition) is 2. The van der Waals surface area contributed by atoms with Crippen molar-refractivity contribution in [2.24, 2.45) is 0 Å². The zero-order valence-corrected chi connectivity index (χ0v) is 11.9. The highest BCUT2D eigenvalue weighted by Crippen LogP contribution is 2.26. The second-order valence-corrected chi connectivity index (χ2v) is 5.48. The number of rotatable bonds is 7. The quantitative estimate of drug-likeness (QED) is 0.758. The average Bonchev–Trinajstić information content (AvgIpc) is 2.35. The summed E-state index contributed by atoms with van der Waals surface area (Å²) in [5, 5.41) is 12.3. The van der Waals surface area contributed by atoms with Crippen molar-refractivity contribution in [2.45, 2.75) is 30.7 Å². The molecule has 2 N–H and O–H groups in total. The number of aliphatic hydroxyl groups excluding tert-OH is 1. The molecule has 0 aliphatic rings. The Balaban J connectivity index is 2.31. The highest BCUT2D eigenvalue weighted by molar-refractivity contribution is 8.00. The second-order valence-electron chi connectivity index (χ2n) is 4.05. The molecule has 18 heavy (non-hydrogen) atoms. The Morgan fingerprint density at radius 2 is 2.22 bits per heavy atom. The van der Waals surface area contributed by atoms with E-state index >= 15 is 0 Å². The lowest BCUT2D eigenvalue weighted by Gasteiger charge is -2.13. The average molecular weight is 288 g/mol. The van der Waals surface area contributed by atoms with Gasteiger partial charge in [0.05, 0.1) is 10.8 Å². The van der Waals surface area contributed by atoms with Crippen LogP contribution in [0, 0.1) is 0 Å². The molecule has 1 aromatic carbocycles. The highest BCUT2D eigenvalue weighted by atomic mass is 35.5. The van der Waals surface area contributed by atoms with Gasteiger partial charge in [-0.1, -0.05) is 23.7 Å². The van der Waals surface area contributed by atoms with Crippen molar-refractivity contribution in [3.63, 3.8) is 0 Å². The van der Waals surface area contributed by atoms with E-state index in [1.165, 1.54) is 11.8 Å². The summed E-state index contributed by atoms with van der Waals surface area (Å²) in [6, 6.07) is 7.57. The Morgan fingerprint density at radius 1 is 1.50 bits per heavy atom. The SMILES string of the molecule is CC(CCCO)NC(=O)CSc1ccccc1Cl. The smallest absolute Gasteiger partial charge is 0.230 e. The van der Waals surface area contributed by atoms with E-state index < -0.39 is 0 Å². The highest BCUT2D eigenvalue weighted by Gasteiger charge is 2.08. The van der Waals surface area contributed by atoms with Crippen LogP contribution in [0.15, 0.2) is 29.2 Å². The first kappa shape index (κ1) is 15.3. The van der Waals surface area contributed by atoms with Gasteiger partial charge in [-0.3, -0.25) is 4.79 Å². The minimum Gasteiger partial charge on any atom is -0.396 e. The Bertz CT molecular complexity index is 387. The fraction of sp³-hybridized carbons (Fsp3) is 0.462.